The summed E-state index contributed by atoms with van der Waals surface area (Å²) in [6.07, 6.45) is 0.250. The molecule has 1 aromatic heterocycles. The third-order valence-electron chi connectivity index (χ3n) is 6.67. The molecule has 1 amide bonds. The van der Waals surface area contributed by atoms with Crippen molar-refractivity contribution < 1.29 is 24.2 Å². The van der Waals surface area contributed by atoms with Crippen molar-refractivity contribution in [1.29, 1.82) is 0 Å². The minimum Gasteiger partial charge on any atom is -0.480 e. The van der Waals surface area contributed by atoms with Gasteiger partial charge in [0.2, 0.25) is 12.7 Å². The first-order valence-corrected chi connectivity index (χ1v) is 11.3. The van der Waals surface area contributed by atoms with E-state index in [2.05, 4.69) is 4.98 Å². The van der Waals surface area contributed by atoms with Gasteiger partial charge in [-0.25, -0.2) is 4.79 Å². The number of aromatic amines is 1. The molecule has 0 spiro atoms. The molecule has 2 aliphatic rings. The number of carboxylic acids is 1. The van der Waals surface area contributed by atoms with Crippen molar-refractivity contribution in [2.75, 3.05) is 26.4 Å². The highest BCUT2D eigenvalue weighted by Gasteiger charge is 2.44. The van der Waals surface area contributed by atoms with Crippen LogP contribution in [0.5, 0.6) is 11.5 Å². The minimum atomic E-state index is -1.01. The number of nitrogens with one attached hydrogen (secondary N) is 1. The van der Waals surface area contributed by atoms with Gasteiger partial charge in [-0.2, -0.15) is 0 Å². The summed E-state index contributed by atoms with van der Waals surface area (Å²) in [7, 11) is 0. The average Bonchev–Trinajstić information content (AvgIpc) is 3.44. The van der Waals surface area contributed by atoms with Crippen LogP contribution in [0.25, 0.3) is 10.9 Å². The number of aromatic nitrogens is 1. The van der Waals surface area contributed by atoms with Crippen LogP contribution in [-0.2, 0) is 16.0 Å². The van der Waals surface area contributed by atoms with E-state index in [1.54, 1.807) is 0 Å². The molecule has 0 saturated carbocycles. The molecule has 8 nitrogen and oxygen atoms in total. The maximum Gasteiger partial charge on any atom is 0.326 e. The zero-order chi connectivity index (χ0) is 23.1. The number of fused-ring (bicyclic) bond motifs is 4. The number of carbonyl (C=O) groups excluding carboxylic acids is 1. The molecule has 172 valence electrons. The van der Waals surface area contributed by atoms with Gasteiger partial charge in [-0.05, 0) is 42.4 Å². The molecule has 0 radical (unpaired) electrons. The molecule has 0 unspecified atom stereocenters. The highest BCUT2D eigenvalue weighted by atomic mass is 16.7. The van der Waals surface area contributed by atoms with Crippen molar-refractivity contribution >= 4 is 22.8 Å². The summed E-state index contributed by atoms with van der Waals surface area (Å²) >= 11 is 0. The van der Waals surface area contributed by atoms with Crippen molar-refractivity contribution in [3.63, 3.8) is 0 Å². The first-order chi connectivity index (χ1) is 16.0. The van der Waals surface area contributed by atoms with E-state index < -0.39 is 18.1 Å². The number of hydrogen-bond donors (Lipinski definition) is 2. The standard InChI is InChI=1S/C25H27N3O5/c1-3-27(4-2)13-22(29)28-19(25(30)31)12-17-16-7-5-6-8-18(16)26-23(17)24(28)15-9-10-20-21(11-15)33-14-32-20/h5-11,19,24,26H,3-4,12-14H2,1-2H3,(H,30,31)/t19-,24-/m1/s1. The highest BCUT2D eigenvalue weighted by molar-refractivity contribution is 5.91. The molecule has 2 N–H and O–H groups in total. The predicted molar refractivity (Wildman–Crippen MR) is 122 cm³/mol. The van der Waals surface area contributed by atoms with Gasteiger partial charge in [0.1, 0.15) is 6.04 Å². The summed E-state index contributed by atoms with van der Waals surface area (Å²) in [6, 6.07) is 11.8. The lowest BCUT2D eigenvalue weighted by Crippen LogP contribution is -2.54. The van der Waals surface area contributed by atoms with Crippen molar-refractivity contribution in [2.45, 2.75) is 32.4 Å². The van der Waals surface area contributed by atoms with Crippen LogP contribution in [0, 0.1) is 0 Å². The lowest BCUT2D eigenvalue weighted by Gasteiger charge is -2.41. The zero-order valence-electron chi connectivity index (χ0n) is 18.7. The third-order valence-corrected chi connectivity index (χ3v) is 6.67. The van der Waals surface area contributed by atoms with E-state index in [1.165, 1.54) is 4.90 Å². The van der Waals surface area contributed by atoms with Crippen molar-refractivity contribution in [3.05, 3.63) is 59.3 Å². The molecule has 3 aromatic rings. The third kappa shape index (κ3) is 3.60. The van der Waals surface area contributed by atoms with Crippen LogP contribution in [0.4, 0.5) is 0 Å². The van der Waals surface area contributed by atoms with Crippen molar-refractivity contribution in [1.82, 2.24) is 14.8 Å². The normalized spacial score (nSPS) is 19.2. The van der Waals surface area contributed by atoms with Gasteiger partial charge in [0.25, 0.3) is 0 Å². The summed E-state index contributed by atoms with van der Waals surface area (Å²) in [5.41, 5.74) is 3.49. The summed E-state index contributed by atoms with van der Waals surface area (Å²) in [6.45, 7) is 5.71. The van der Waals surface area contributed by atoms with Gasteiger partial charge >= 0.3 is 5.97 Å². The Bertz CT molecular complexity index is 1220. The van der Waals surface area contributed by atoms with Gasteiger partial charge in [0.15, 0.2) is 11.5 Å². The van der Waals surface area contributed by atoms with Crippen LogP contribution in [-0.4, -0.2) is 64.2 Å². The van der Waals surface area contributed by atoms with E-state index in [4.69, 9.17) is 9.47 Å². The first kappa shape index (κ1) is 21.3. The monoisotopic (exact) mass is 449 g/mol. The lowest BCUT2D eigenvalue weighted by molar-refractivity contribution is -0.153. The number of rotatable bonds is 6. The summed E-state index contributed by atoms with van der Waals surface area (Å²) < 4.78 is 11.0. The second-order valence-electron chi connectivity index (χ2n) is 8.40. The van der Waals surface area contributed by atoms with Crippen LogP contribution >= 0.6 is 0 Å². The van der Waals surface area contributed by atoms with Crippen LogP contribution in [0.15, 0.2) is 42.5 Å². The average molecular weight is 450 g/mol. The second kappa shape index (κ2) is 8.44. The number of benzene rings is 2. The molecular weight excluding hydrogens is 422 g/mol. The molecule has 3 heterocycles. The SMILES string of the molecule is CCN(CC)CC(=O)N1[C@H](c2ccc3c(c2)OCO3)c2[nH]c3ccccc3c2C[C@@H]1C(=O)O. The smallest absolute Gasteiger partial charge is 0.326 e. The van der Waals surface area contributed by atoms with Gasteiger partial charge in [0, 0.05) is 23.0 Å². The van der Waals surface area contributed by atoms with Crippen molar-refractivity contribution in [3.8, 4) is 11.5 Å². The molecule has 2 aliphatic heterocycles. The van der Waals surface area contributed by atoms with E-state index in [-0.39, 0.29) is 25.7 Å². The van der Waals surface area contributed by atoms with E-state index in [0.29, 0.717) is 24.6 Å². The first-order valence-electron chi connectivity index (χ1n) is 11.3. The van der Waals surface area contributed by atoms with Crippen LogP contribution in [0.1, 0.15) is 36.7 Å². The van der Waals surface area contributed by atoms with Crippen LogP contribution in [0.2, 0.25) is 0 Å². The number of nitrogens with zero attached hydrogens (tertiary/aromatic N) is 2. The van der Waals surface area contributed by atoms with Crippen LogP contribution < -0.4 is 9.47 Å². The number of ether oxygens (including phenoxy) is 2. The molecule has 0 fully saturated rings. The number of carbonyl (C=O) groups is 2. The van der Waals surface area contributed by atoms with Gasteiger partial charge in [-0.1, -0.05) is 38.1 Å². The number of carboxylic acid groups (broad SMARTS) is 1. The summed E-state index contributed by atoms with van der Waals surface area (Å²) in [5, 5.41) is 11.2. The molecule has 2 aromatic carbocycles. The molecule has 8 heteroatoms. The topological polar surface area (TPSA) is 95.1 Å². The Hall–Kier alpha value is -3.52. The number of likely N-dealkylation sites (N-methyl/N-ethyl adjacent to an activating group) is 1. The lowest BCUT2D eigenvalue weighted by atomic mass is 9.87. The Balaban J connectivity index is 1.69. The molecule has 33 heavy (non-hydrogen) atoms. The Morgan fingerprint density at radius 2 is 1.88 bits per heavy atom. The largest absolute Gasteiger partial charge is 0.480 e. The highest BCUT2D eigenvalue weighted by Crippen LogP contribution is 2.43. The van der Waals surface area contributed by atoms with Crippen molar-refractivity contribution in [2.24, 2.45) is 0 Å². The van der Waals surface area contributed by atoms with E-state index in [0.717, 1.165) is 27.7 Å². The van der Waals surface area contributed by atoms with E-state index in [1.807, 2.05) is 61.2 Å². The Kier molecular flexibility index (Phi) is 5.46. The Morgan fingerprint density at radius 3 is 2.64 bits per heavy atom. The molecule has 0 bridgehead atoms. The van der Waals surface area contributed by atoms with Gasteiger partial charge < -0.3 is 24.5 Å². The van der Waals surface area contributed by atoms with Gasteiger partial charge in [0.05, 0.1) is 12.6 Å². The number of aliphatic carboxylic acids is 1. The van der Waals surface area contributed by atoms with E-state index >= 15 is 0 Å². The van der Waals surface area contributed by atoms with E-state index in [9.17, 15) is 14.7 Å². The Morgan fingerprint density at radius 1 is 1.12 bits per heavy atom. The maximum absolute atomic E-state index is 13.6. The fourth-order valence-corrected chi connectivity index (χ4v) is 4.94. The van der Waals surface area contributed by atoms with Gasteiger partial charge in [-0.3, -0.25) is 9.69 Å². The number of amides is 1. The molecular formula is C25H27N3O5. The number of H-pyrrole nitrogens is 1. The summed E-state index contributed by atoms with van der Waals surface area (Å²) in [4.78, 5) is 33.1. The van der Waals surface area contributed by atoms with Gasteiger partial charge in [-0.15, -0.1) is 0 Å². The predicted octanol–water partition coefficient (Wildman–Crippen LogP) is 3.17. The molecule has 0 aliphatic carbocycles. The minimum absolute atomic E-state index is 0.142. The molecule has 2 atom stereocenters. The fourth-order valence-electron chi connectivity index (χ4n) is 4.94. The maximum atomic E-state index is 13.6. The summed E-state index contributed by atoms with van der Waals surface area (Å²) in [5.74, 6) is 0.0172. The number of para-hydroxylation sites is 1. The number of hydrogen-bond acceptors (Lipinski definition) is 5. The quantitative estimate of drug-likeness (QED) is 0.600. The Labute approximate surface area is 191 Å². The zero-order valence-corrected chi connectivity index (χ0v) is 18.7. The molecule has 5 rings (SSSR count). The molecule has 0 saturated heterocycles. The second-order valence-corrected chi connectivity index (χ2v) is 8.40. The fraction of sp³-hybridized carbons (Fsp3) is 0.360. The van der Waals surface area contributed by atoms with Crippen LogP contribution in [0.3, 0.4) is 0 Å².